The fourth-order valence-corrected chi connectivity index (χ4v) is 1.36. The van der Waals surface area contributed by atoms with Crippen LogP contribution in [-0.2, 0) is 20.9 Å². The Morgan fingerprint density at radius 3 is 2.40 bits per heavy atom. The average molecular weight is 283 g/mol. The number of carboxylic acids is 1. The van der Waals surface area contributed by atoms with Crippen molar-refractivity contribution in [3.05, 3.63) is 29.8 Å². The average Bonchev–Trinajstić information content (AvgIpc) is 2.43. The van der Waals surface area contributed by atoms with E-state index in [0.717, 1.165) is 5.56 Å². The molecule has 0 aromatic heterocycles. The number of benzene rings is 1. The minimum absolute atomic E-state index is 0.0545. The number of carboxylic acid groups (broad SMARTS) is 1. The maximum absolute atomic E-state index is 11.4. The molecule has 4 N–H and O–H groups in total. The zero-order valence-corrected chi connectivity index (χ0v) is 11.0. The van der Waals surface area contributed by atoms with Gasteiger partial charge < -0.3 is 19.7 Å². The predicted molar refractivity (Wildman–Crippen MR) is 68.8 cm³/mol. The van der Waals surface area contributed by atoms with Crippen LogP contribution in [0.4, 0.5) is 0 Å². The molecule has 0 radical (unpaired) electrons. The molecule has 7 heteroatoms. The molecule has 0 unspecified atom stereocenters. The number of nitrogens with two attached hydrogens (primary N) is 1. The number of ether oxygens (including phenoxy) is 2. The molecule has 1 rings (SSSR count). The highest BCUT2D eigenvalue weighted by atomic mass is 16.5. The number of carbonyl (C=O) groups is 2. The van der Waals surface area contributed by atoms with Crippen LogP contribution >= 0.6 is 0 Å². The molecule has 1 aromatic carbocycles. The van der Waals surface area contributed by atoms with E-state index in [1.165, 1.54) is 0 Å². The van der Waals surface area contributed by atoms with Crippen LogP contribution in [0.2, 0.25) is 0 Å². The lowest BCUT2D eigenvalue weighted by Gasteiger charge is -2.16. The van der Waals surface area contributed by atoms with Crippen LogP contribution in [0, 0.1) is 0 Å². The van der Waals surface area contributed by atoms with E-state index in [9.17, 15) is 14.7 Å². The Kier molecular flexibility index (Phi) is 5.48. The van der Waals surface area contributed by atoms with Crippen LogP contribution in [0.1, 0.15) is 18.4 Å². The molecule has 0 bridgehead atoms. The fourth-order valence-electron chi connectivity index (χ4n) is 1.36. The van der Waals surface area contributed by atoms with Crippen molar-refractivity contribution in [1.82, 2.24) is 0 Å². The minimum atomic E-state index is -2.42. The maximum Gasteiger partial charge on any atom is 0.351 e. The molecule has 0 aliphatic rings. The van der Waals surface area contributed by atoms with E-state index in [-0.39, 0.29) is 13.0 Å². The van der Waals surface area contributed by atoms with Crippen molar-refractivity contribution in [2.75, 3.05) is 7.11 Å². The first kappa shape index (κ1) is 15.9. The van der Waals surface area contributed by atoms with Crippen LogP contribution in [0.3, 0.4) is 0 Å². The monoisotopic (exact) mass is 283 g/mol. The van der Waals surface area contributed by atoms with Gasteiger partial charge in [-0.05, 0) is 17.7 Å². The highest BCUT2D eigenvalue weighted by Crippen LogP contribution is 2.13. The van der Waals surface area contributed by atoms with E-state index in [4.69, 9.17) is 20.3 Å². The number of carbonyl (C=O) groups excluding carboxylic acids is 1. The molecular weight excluding hydrogens is 266 g/mol. The van der Waals surface area contributed by atoms with Crippen LogP contribution < -0.4 is 10.5 Å². The molecule has 7 nitrogen and oxygen atoms in total. The third-order valence-electron chi connectivity index (χ3n) is 2.64. The number of aliphatic hydroxyl groups is 1. The summed E-state index contributed by atoms with van der Waals surface area (Å²) in [6.07, 6.45) is -0.695. The first-order chi connectivity index (χ1) is 9.35. The first-order valence-electron chi connectivity index (χ1n) is 5.88. The lowest BCUT2D eigenvalue weighted by molar-refractivity contribution is -0.160. The summed E-state index contributed by atoms with van der Waals surface area (Å²) in [6, 6.07) is 6.93. The van der Waals surface area contributed by atoms with E-state index in [2.05, 4.69) is 0 Å². The zero-order valence-electron chi connectivity index (χ0n) is 11.0. The number of hydrogen-bond donors (Lipinski definition) is 3. The maximum atomic E-state index is 11.4. The molecule has 20 heavy (non-hydrogen) atoms. The third-order valence-corrected chi connectivity index (χ3v) is 2.64. The van der Waals surface area contributed by atoms with Gasteiger partial charge in [-0.15, -0.1) is 0 Å². The van der Waals surface area contributed by atoms with Gasteiger partial charge in [-0.3, -0.25) is 10.5 Å². The van der Waals surface area contributed by atoms with Crippen molar-refractivity contribution in [2.24, 2.45) is 5.73 Å². The second-order valence-electron chi connectivity index (χ2n) is 4.24. The Hall–Kier alpha value is -2.12. The zero-order chi connectivity index (χ0) is 15.2. The topological polar surface area (TPSA) is 119 Å². The number of methoxy groups -OCH3 is 1. The molecule has 0 aliphatic heterocycles. The summed E-state index contributed by atoms with van der Waals surface area (Å²) in [5.41, 5.74) is 3.43. The van der Waals surface area contributed by atoms with Crippen molar-refractivity contribution in [3.63, 3.8) is 0 Å². The van der Waals surface area contributed by atoms with Crippen LogP contribution in [0.15, 0.2) is 24.3 Å². The second kappa shape index (κ2) is 6.88. The van der Waals surface area contributed by atoms with E-state index in [1.807, 2.05) is 0 Å². The van der Waals surface area contributed by atoms with Crippen LogP contribution in [0.25, 0.3) is 0 Å². The van der Waals surface area contributed by atoms with E-state index in [1.54, 1.807) is 31.4 Å². The molecule has 1 atom stereocenters. The Balaban J connectivity index is 2.38. The SMILES string of the molecule is COc1ccc(COC(=O)CC[C@](N)(O)C(=O)O)cc1. The number of rotatable bonds is 7. The van der Waals surface area contributed by atoms with E-state index >= 15 is 0 Å². The standard InChI is InChI=1S/C13H17NO6/c1-19-10-4-2-9(3-5-10)8-20-11(15)6-7-13(14,18)12(16)17/h2-5,18H,6-8,14H2,1H3,(H,16,17)/t13-/m0/s1. The normalized spacial score (nSPS) is 13.3. The summed E-state index contributed by atoms with van der Waals surface area (Å²) in [4.78, 5) is 21.9. The van der Waals surface area contributed by atoms with E-state index in [0.29, 0.717) is 5.75 Å². The molecule has 1 aromatic rings. The fraction of sp³-hybridized carbons (Fsp3) is 0.385. The summed E-state index contributed by atoms with van der Waals surface area (Å²) in [5, 5.41) is 17.8. The summed E-state index contributed by atoms with van der Waals surface area (Å²) >= 11 is 0. The van der Waals surface area contributed by atoms with Gasteiger partial charge in [0.25, 0.3) is 0 Å². The van der Waals surface area contributed by atoms with Crippen molar-refractivity contribution in [1.29, 1.82) is 0 Å². The van der Waals surface area contributed by atoms with Gasteiger partial charge in [0.05, 0.1) is 13.5 Å². The highest BCUT2D eigenvalue weighted by Gasteiger charge is 2.31. The highest BCUT2D eigenvalue weighted by molar-refractivity contribution is 5.77. The summed E-state index contributed by atoms with van der Waals surface area (Å²) in [6.45, 7) is 0.0545. The lowest BCUT2D eigenvalue weighted by Crippen LogP contribution is -2.48. The van der Waals surface area contributed by atoms with Gasteiger partial charge in [0, 0.05) is 6.42 Å². The van der Waals surface area contributed by atoms with Gasteiger partial charge in [0.15, 0.2) is 0 Å². The molecule has 0 spiro atoms. The van der Waals surface area contributed by atoms with Crippen molar-refractivity contribution in [2.45, 2.75) is 25.2 Å². The summed E-state index contributed by atoms with van der Waals surface area (Å²) < 4.78 is 9.93. The Morgan fingerprint density at radius 2 is 1.90 bits per heavy atom. The quantitative estimate of drug-likeness (QED) is 0.484. The molecule has 0 saturated carbocycles. The van der Waals surface area contributed by atoms with Gasteiger partial charge in [-0.1, -0.05) is 12.1 Å². The largest absolute Gasteiger partial charge is 0.497 e. The molecule has 0 amide bonds. The van der Waals surface area contributed by atoms with Crippen LogP contribution in [0.5, 0.6) is 5.75 Å². The molecular formula is C13H17NO6. The first-order valence-corrected chi connectivity index (χ1v) is 5.88. The Bertz CT molecular complexity index is 468. The van der Waals surface area contributed by atoms with Gasteiger partial charge in [0.2, 0.25) is 5.72 Å². The molecule has 0 heterocycles. The van der Waals surface area contributed by atoms with Crippen molar-refractivity contribution >= 4 is 11.9 Å². The summed E-state index contributed by atoms with van der Waals surface area (Å²) in [5.74, 6) is -1.53. The molecule has 110 valence electrons. The number of hydrogen-bond acceptors (Lipinski definition) is 6. The van der Waals surface area contributed by atoms with Gasteiger partial charge in [-0.25, -0.2) is 4.79 Å². The lowest BCUT2D eigenvalue weighted by atomic mass is 10.1. The van der Waals surface area contributed by atoms with Crippen molar-refractivity contribution in [3.8, 4) is 5.75 Å². The predicted octanol–water partition coefficient (Wildman–Crippen LogP) is 0.250. The Morgan fingerprint density at radius 1 is 1.30 bits per heavy atom. The van der Waals surface area contributed by atoms with Gasteiger partial charge in [0.1, 0.15) is 12.4 Å². The minimum Gasteiger partial charge on any atom is -0.497 e. The number of esters is 1. The third kappa shape index (κ3) is 4.87. The molecule has 0 fully saturated rings. The summed E-state index contributed by atoms with van der Waals surface area (Å²) in [7, 11) is 1.55. The van der Waals surface area contributed by atoms with Gasteiger partial charge in [-0.2, -0.15) is 0 Å². The Labute approximate surface area is 115 Å². The second-order valence-corrected chi connectivity index (χ2v) is 4.24. The smallest absolute Gasteiger partial charge is 0.351 e. The number of aliphatic carboxylic acids is 1. The van der Waals surface area contributed by atoms with Crippen molar-refractivity contribution < 1.29 is 29.3 Å². The molecule has 0 saturated heterocycles. The van der Waals surface area contributed by atoms with E-state index < -0.39 is 24.1 Å². The van der Waals surface area contributed by atoms with Crippen LogP contribution in [-0.4, -0.2) is 35.0 Å². The van der Waals surface area contributed by atoms with Gasteiger partial charge >= 0.3 is 11.9 Å². The molecule has 0 aliphatic carbocycles.